The smallest absolute Gasteiger partial charge is 0.340 e. The predicted molar refractivity (Wildman–Crippen MR) is 75.1 cm³/mol. The SMILES string of the molecule is O=Cc1ccc(OCOC(=O)c2ccc(CO)cc2)cc1. The number of aliphatic hydroxyl groups excluding tert-OH is 1. The number of ether oxygens (including phenoxy) is 2. The Morgan fingerprint density at radius 2 is 1.71 bits per heavy atom. The maximum absolute atomic E-state index is 11.7. The molecule has 0 aliphatic carbocycles. The first kappa shape index (κ1) is 14.7. The van der Waals surface area contributed by atoms with E-state index in [4.69, 9.17) is 14.6 Å². The van der Waals surface area contributed by atoms with Crippen molar-refractivity contribution in [2.75, 3.05) is 6.79 Å². The van der Waals surface area contributed by atoms with Crippen LogP contribution in [0, 0.1) is 0 Å². The number of aldehydes is 1. The first-order valence-corrected chi connectivity index (χ1v) is 6.28. The number of rotatable bonds is 6. The highest BCUT2D eigenvalue weighted by Crippen LogP contribution is 2.11. The van der Waals surface area contributed by atoms with Gasteiger partial charge < -0.3 is 14.6 Å². The molecule has 2 rings (SSSR count). The van der Waals surface area contributed by atoms with Gasteiger partial charge in [0.15, 0.2) is 0 Å². The molecule has 2 aromatic rings. The van der Waals surface area contributed by atoms with E-state index in [-0.39, 0.29) is 13.4 Å². The number of carbonyl (C=O) groups excluding carboxylic acids is 2. The lowest BCUT2D eigenvalue weighted by Gasteiger charge is -2.07. The second kappa shape index (κ2) is 7.21. The third-order valence-electron chi connectivity index (χ3n) is 2.80. The maximum Gasteiger partial charge on any atom is 0.340 e. The van der Waals surface area contributed by atoms with Crippen LogP contribution in [0.15, 0.2) is 48.5 Å². The number of esters is 1. The Kier molecular flexibility index (Phi) is 5.06. The van der Waals surface area contributed by atoms with E-state index in [0.717, 1.165) is 11.8 Å². The highest BCUT2D eigenvalue weighted by molar-refractivity contribution is 5.89. The molecule has 5 heteroatoms. The van der Waals surface area contributed by atoms with Gasteiger partial charge in [0.2, 0.25) is 6.79 Å². The van der Waals surface area contributed by atoms with Gasteiger partial charge in [0.05, 0.1) is 12.2 Å². The Morgan fingerprint density at radius 3 is 2.29 bits per heavy atom. The fourth-order valence-electron chi connectivity index (χ4n) is 1.62. The number of aliphatic hydroxyl groups is 1. The average molecular weight is 286 g/mol. The summed E-state index contributed by atoms with van der Waals surface area (Å²) in [6.07, 6.45) is 0.736. The second-order valence-corrected chi connectivity index (χ2v) is 4.24. The summed E-state index contributed by atoms with van der Waals surface area (Å²) in [5.74, 6) is -0.00645. The van der Waals surface area contributed by atoms with Crippen LogP contribution < -0.4 is 4.74 Å². The van der Waals surface area contributed by atoms with Gasteiger partial charge in [-0.25, -0.2) is 4.79 Å². The van der Waals surface area contributed by atoms with Gasteiger partial charge in [-0.15, -0.1) is 0 Å². The quantitative estimate of drug-likeness (QED) is 0.500. The number of hydrogen-bond donors (Lipinski definition) is 1. The highest BCUT2D eigenvalue weighted by Gasteiger charge is 2.07. The van der Waals surface area contributed by atoms with Crippen LogP contribution in [0.2, 0.25) is 0 Å². The molecule has 0 spiro atoms. The summed E-state index contributed by atoms with van der Waals surface area (Å²) in [6, 6.07) is 12.9. The first-order chi connectivity index (χ1) is 10.2. The predicted octanol–water partition coefficient (Wildman–Crippen LogP) is 2.18. The zero-order valence-corrected chi connectivity index (χ0v) is 11.2. The largest absolute Gasteiger partial charge is 0.457 e. The van der Waals surface area contributed by atoms with Crippen LogP contribution in [-0.2, 0) is 11.3 Å². The van der Waals surface area contributed by atoms with Gasteiger partial charge >= 0.3 is 5.97 Å². The van der Waals surface area contributed by atoms with E-state index in [2.05, 4.69) is 0 Å². The molecule has 0 amide bonds. The molecule has 0 saturated carbocycles. The molecule has 0 fully saturated rings. The van der Waals surface area contributed by atoms with Crippen molar-refractivity contribution in [3.05, 3.63) is 65.2 Å². The van der Waals surface area contributed by atoms with Gasteiger partial charge in [-0.2, -0.15) is 0 Å². The lowest BCUT2D eigenvalue weighted by atomic mass is 10.1. The summed E-state index contributed by atoms with van der Waals surface area (Å²) in [4.78, 5) is 22.2. The van der Waals surface area contributed by atoms with Crippen molar-refractivity contribution in [3.8, 4) is 5.75 Å². The molecule has 0 aromatic heterocycles. The van der Waals surface area contributed by atoms with Crippen LogP contribution in [0.1, 0.15) is 26.3 Å². The Bertz CT molecular complexity index is 602. The fraction of sp³-hybridized carbons (Fsp3) is 0.125. The van der Waals surface area contributed by atoms with Crippen molar-refractivity contribution >= 4 is 12.3 Å². The van der Waals surface area contributed by atoms with Gasteiger partial charge in [0, 0.05) is 5.56 Å². The van der Waals surface area contributed by atoms with Gasteiger partial charge in [-0.1, -0.05) is 12.1 Å². The summed E-state index contributed by atoms with van der Waals surface area (Å²) in [7, 11) is 0. The standard InChI is InChI=1S/C16H14O5/c17-9-12-1-5-14(6-2-12)16(19)21-11-20-15-7-3-13(10-18)4-8-15/h1-8,10,17H,9,11H2. The van der Waals surface area contributed by atoms with Crippen LogP contribution in [0.4, 0.5) is 0 Å². The maximum atomic E-state index is 11.7. The van der Waals surface area contributed by atoms with Crippen molar-refractivity contribution in [3.63, 3.8) is 0 Å². The molecule has 0 aliphatic rings. The lowest BCUT2D eigenvalue weighted by molar-refractivity contribution is 0.0154. The molecule has 1 N–H and O–H groups in total. The van der Waals surface area contributed by atoms with Crippen molar-refractivity contribution in [2.45, 2.75) is 6.61 Å². The molecule has 5 nitrogen and oxygen atoms in total. The summed E-state index contributed by atoms with van der Waals surface area (Å²) < 4.78 is 10.2. The summed E-state index contributed by atoms with van der Waals surface area (Å²) >= 11 is 0. The van der Waals surface area contributed by atoms with Crippen molar-refractivity contribution in [1.29, 1.82) is 0 Å². The second-order valence-electron chi connectivity index (χ2n) is 4.24. The van der Waals surface area contributed by atoms with E-state index < -0.39 is 5.97 Å². The molecule has 0 radical (unpaired) electrons. The molecule has 108 valence electrons. The van der Waals surface area contributed by atoms with Crippen LogP contribution in [0.3, 0.4) is 0 Å². The van der Waals surface area contributed by atoms with E-state index in [1.807, 2.05) is 0 Å². The third kappa shape index (κ3) is 4.15. The summed E-state index contributed by atoms with van der Waals surface area (Å²) in [5.41, 5.74) is 1.65. The van der Waals surface area contributed by atoms with E-state index in [1.165, 1.54) is 0 Å². The van der Waals surface area contributed by atoms with Gasteiger partial charge in [-0.3, -0.25) is 4.79 Å². The number of carbonyl (C=O) groups is 2. The average Bonchev–Trinajstić information content (AvgIpc) is 2.55. The van der Waals surface area contributed by atoms with E-state index in [0.29, 0.717) is 16.9 Å². The van der Waals surface area contributed by atoms with Crippen LogP contribution in [-0.4, -0.2) is 24.2 Å². The molecule has 0 bridgehead atoms. The van der Waals surface area contributed by atoms with Gasteiger partial charge in [0.25, 0.3) is 0 Å². The molecule has 0 unspecified atom stereocenters. The summed E-state index contributed by atoms with van der Waals surface area (Å²) in [6.45, 7) is -0.295. The van der Waals surface area contributed by atoms with Gasteiger partial charge in [0.1, 0.15) is 12.0 Å². The van der Waals surface area contributed by atoms with Crippen molar-refractivity contribution in [2.24, 2.45) is 0 Å². The van der Waals surface area contributed by atoms with E-state index in [9.17, 15) is 9.59 Å². The monoisotopic (exact) mass is 286 g/mol. The van der Waals surface area contributed by atoms with Crippen LogP contribution in [0.25, 0.3) is 0 Å². The number of benzene rings is 2. The lowest BCUT2D eigenvalue weighted by Crippen LogP contribution is -2.10. The van der Waals surface area contributed by atoms with Crippen molar-refractivity contribution in [1.82, 2.24) is 0 Å². The van der Waals surface area contributed by atoms with E-state index >= 15 is 0 Å². The molecular formula is C16H14O5. The fourth-order valence-corrected chi connectivity index (χ4v) is 1.62. The Labute approximate surface area is 121 Å². The van der Waals surface area contributed by atoms with Crippen molar-refractivity contribution < 1.29 is 24.2 Å². The molecule has 0 aliphatic heterocycles. The minimum Gasteiger partial charge on any atom is -0.457 e. The molecular weight excluding hydrogens is 272 g/mol. The minimum absolute atomic E-state index is 0.0742. The molecule has 0 saturated heterocycles. The zero-order valence-electron chi connectivity index (χ0n) is 11.2. The Morgan fingerprint density at radius 1 is 1.05 bits per heavy atom. The molecule has 0 atom stereocenters. The normalized spacial score (nSPS) is 9.95. The first-order valence-electron chi connectivity index (χ1n) is 6.28. The van der Waals surface area contributed by atoms with Crippen LogP contribution in [0.5, 0.6) is 5.75 Å². The highest BCUT2D eigenvalue weighted by atomic mass is 16.7. The summed E-state index contributed by atoms with van der Waals surface area (Å²) in [5, 5.41) is 8.91. The molecule has 2 aromatic carbocycles. The van der Waals surface area contributed by atoms with E-state index in [1.54, 1.807) is 48.5 Å². The number of hydrogen-bond acceptors (Lipinski definition) is 5. The molecule has 0 heterocycles. The Hall–Kier alpha value is -2.66. The minimum atomic E-state index is -0.510. The van der Waals surface area contributed by atoms with Gasteiger partial charge in [-0.05, 0) is 42.0 Å². The topological polar surface area (TPSA) is 72.8 Å². The Balaban J connectivity index is 1.84. The zero-order chi connectivity index (χ0) is 15.1. The molecule has 21 heavy (non-hydrogen) atoms. The third-order valence-corrected chi connectivity index (χ3v) is 2.80. The van der Waals surface area contributed by atoms with Crippen LogP contribution >= 0.6 is 0 Å².